The molecule has 0 unspecified atom stereocenters. The number of unbranched alkanes of at least 4 members (excludes halogenated alkanes) is 7. The summed E-state index contributed by atoms with van der Waals surface area (Å²) in [6.07, 6.45) is 11.7. The van der Waals surface area contributed by atoms with Crippen LogP contribution in [0, 0.1) is 0 Å². The predicted octanol–water partition coefficient (Wildman–Crippen LogP) is 5.22. The van der Waals surface area contributed by atoms with Crippen LogP contribution in [-0.4, -0.2) is 22.7 Å². The van der Waals surface area contributed by atoms with Gasteiger partial charge in [-0.3, -0.25) is 10.0 Å². The lowest BCUT2D eigenvalue weighted by atomic mass is 10.0. The summed E-state index contributed by atoms with van der Waals surface area (Å²) in [7, 11) is 0. The Kier molecular flexibility index (Phi) is 9.56. The molecule has 1 rings (SSSR count). The molecule has 0 saturated heterocycles. The second-order valence-electron chi connectivity index (χ2n) is 5.94. The molecule has 0 bridgehead atoms. The summed E-state index contributed by atoms with van der Waals surface area (Å²) >= 11 is 0. The van der Waals surface area contributed by atoms with Gasteiger partial charge in [-0.15, -0.1) is 0 Å². The van der Waals surface area contributed by atoms with Crippen molar-refractivity contribution >= 4 is 5.91 Å². The minimum atomic E-state index is -0.332. The molecule has 0 radical (unpaired) electrons. The van der Waals surface area contributed by atoms with Crippen molar-refractivity contribution in [3.05, 3.63) is 35.4 Å². The van der Waals surface area contributed by atoms with Gasteiger partial charge in [-0.05, 0) is 37.5 Å². The molecule has 3 nitrogen and oxygen atoms in total. The maximum atomic E-state index is 11.8. The van der Waals surface area contributed by atoms with E-state index >= 15 is 0 Å². The Balaban J connectivity index is 2.20. The van der Waals surface area contributed by atoms with Gasteiger partial charge in [-0.25, -0.2) is 5.06 Å². The summed E-state index contributed by atoms with van der Waals surface area (Å²) in [4.78, 5) is 11.8. The molecule has 1 aromatic carbocycles. The fraction of sp³-hybridized carbons (Fsp3) is 0.632. The lowest BCUT2D eigenvalue weighted by Gasteiger charge is -2.12. The van der Waals surface area contributed by atoms with E-state index in [1.165, 1.54) is 56.9 Å². The fourth-order valence-corrected chi connectivity index (χ4v) is 2.57. The van der Waals surface area contributed by atoms with Crippen LogP contribution in [0.2, 0.25) is 0 Å². The summed E-state index contributed by atoms with van der Waals surface area (Å²) in [5.74, 6) is -0.332. The Morgan fingerprint density at radius 2 is 1.45 bits per heavy atom. The van der Waals surface area contributed by atoms with Crippen LogP contribution in [-0.2, 0) is 6.42 Å². The van der Waals surface area contributed by atoms with Gasteiger partial charge in [-0.2, -0.15) is 0 Å². The summed E-state index contributed by atoms with van der Waals surface area (Å²) in [5.41, 5.74) is 1.81. The van der Waals surface area contributed by atoms with E-state index in [4.69, 9.17) is 0 Å². The van der Waals surface area contributed by atoms with Crippen LogP contribution in [0.25, 0.3) is 0 Å². The van der Waals surface area contributed by atoms with E-state index in [1.54, 1.807) is 19.1 Å². The van der Waals surface area contributed by atoms with E-state index < -0.39 is 0 Å². The SMILES string of the molecule is CCCCCCCCCCc1ccc(C(=O)N(O)CC)cc1. The maximum absolute atomic E-state index is 11.8. The zero-order chi connectivity index (χ0) is 16.2. The topological polar surface area (TPSA) is 40.5 Å². The van der Waals surface area contributed by atoms with E-state index in [0.717, 1.165) is 11.5 Å². The summed E-state index contributed by atoms with van der Waals surface area (Å²) in [6, 6.07) is 7.61. The largest absolute Gasteiger partial charge is 0.286 e. The first-order chi connectivity index (χ1) is 10.7. The molecule has 0 spiro atoms. The third kappa shape index (κ3) is 7.08. The molecule has 1 aromatic rings. The molecule has 0 atom stereocenters. The molecule has 0 aromatic heterocycles. The molecule has 0 aliphatic carbocycles. The zero-order valence-corrected chi connectivity index (χ0v) is 14.2. The highest BCUT2D eigenvalue weighted by Crippen LogP contribution is 2.13. The zero-order valence-electron chi connectivity index (χ0n) is 14.2. The second kappa shape index (κ2) is 11.2. The molecule has 0 fully saturated rings. The second-order valence-corrected chi connectivity index (χ2v) is 5.94. The minimum Gasteiger partial charge on any atom is -0.286 e. The van der Waals surface area contributed by atoms with Gasteiger partial charge in [0.15, 0.2) is 0 Å². The first kappa shape index (κ1) is 18.7. The van der Waals surface area contributed by atoms with Crippen molar-refractivity contribution < 1.29 is 10.0 Å². The van der Waals surface area contributed by atoms with Crippen LogP contribution in [0.1, 0.15) is 81.1 Å². The summed E-state index contributed by atoms with van der Waals surface area (Å²) in [6.45, 7) is 4.30. The Bertz CT molecular complexity index is 414. The van der Waals surface area contributed by atoms with Gasteiger partial charge in [0, 0.05) is 12.1 Å². The van der Waals surface area contributed by atoms with E-state index in [2.05, 4.69) is 6.92 Å². The van der Waals surface area contributed by atoms with Crippen molar-refractivity contribution in [2.24, 2.45) is 0 Å². The number of carbonyl (C=O) groups is 1. The molecule has 1 amide bonds. The number of carbonyl (C=O) groups excluding carboxylic acids is 1. The average molecular weight is 305 g/mol. The molecule has 124 valence electrons. The smallest absolute Gasteiger partial charge is 0.277 e. The monoisotopic (exact) mass is 305 g/mol. The number of hydrogen-bond acceptors (Lipinski definition) is 2. The first-order valence-corrected chi connectivity index (χ1v) is 8.78. The Labute approximate surface area is 135 Å². The van der Waals surface area contributed by atoms with Gasteiger partial charge in [-0.1, -0.05) is 64.0 Å². The molecule has 0 heterocycles. The van der Waals surface area contributed by atoms with Gasteiger partial charge in [0.1, 0.15) is 0 Å². The van der Waals surface area contributed by atoms with E-state index in [-0.39, 0.29) is 5.91 Å². The highest BCUT2D eigenvalue weighted by Gasteiger charge is 2.10. The summed E-state index contributed by atoms with van der Waals surface area (Å²) < 4.78 is 0. The minimum absolute atomic E-state index is 0.304. The highest BCUT2D eigenvalue weighted by molar-refractivity contribution is 5.93. The third-order valence-electron chi connectivity index (χ3n) is 4.05. The van der Waals surface area contributed by atoms with Gasteiger partial charge in [0.25, 0.3) is 5.91 Å². The quantitative estimate of drug-likeness (QED) is 0.346. The van der Waals surface area contributed by atoms with E-state index in [0.29, 0.717) is 12.1 Å². The van der Waals surface area contributed by atoms with Crippen LogP contribution in [0.3, 0.4) is 0 Å². The molecule has 0 aliphatic rings. The molecular formula is C19H31NO2. The van der Waals surface area contributed by atoms with Crippen molar-refractivity contribution in [3.8, 4) is 0 Å². The Morgan fingerprint density at radius 3 is 2.00 bits per heavy atom. The Hall–Kier alpha value is -1.35. The number of benzene rings is 1. The van der Waals surface area contributed by atoms with Crippen molar-refractivity contribution in [1.82, 2.24) is 5.06 Å². The number of amides is 1. The van der Waals surface area contributed by atoms with Crippen molar-refractivity contribution in [3.63, 3.8) is 0 Å². The first-order valence-electron chi connectivity index (χ1n) is 8.78. The van der Waals surface area contributed by atoms with E-state index in [9.17, 15) is 10.0 Å². The molecule has 22 heavy (non-hydrogen) atoms. The lowest BCUT2D eigenvalue weighted by molar-refractivity contribution is -0.0541. The molecule has 0 saturated carbocycles. The number of hydroxylamine groups is 2. The van der Waals surface area contributed by atoms with Crippen LogP contribution in [0.4, 0.5) is 0 Å². The van der Waals surface area contributed by atoms with Gasteiger partial charge < -0.3 is 0 Å². The van der Waals surface area contributed by atoms with Gasteiger partial charge in [0.05, 0.1) is 0 Å². The maximum Gasteiger partial charge on any atom is 0.277 e. The molecule has 1 N–H and O–H groups in total. The normalized spacial score (nSPS) is 10.7. The number of aryl methyl sites for hydroxylation is 1. The fourth-order valence-electron chi connectivity index (χ4n) is 2.57. The summed E-state index contributed by atoms with van der Waals surface area (Å²) in [5, 5.41) is 10.2. The van der Waals surface area contributed by atoms with Gasteiger partial charge in [0.2, 0.25) is 0 Å². The standard InChI is InChI=1S/C19H31NO2/c1-3-5-6-7-8-9-10-11-12-17-13-15-18(16-14-17)19(21)20(22)4-2/h13-16,22H,3-12H2,1-2H3. The number of hydrogen-bond donors (Lipinski definition) is 1. The van der Waals surface area contributed by atoms with Crippen molar-refractivity contribution in [2.45, 2.75) is 71.6 Å². The van der Waals surface area contributed by atoms with Gasteiger partial charge >= 0.3 is 0 Å². The van der Waals surface area contributed by atoms with E-state index in [1.807, 2.05) is 12.1 Å². The number of nitrogens with zero attached hydrogens (tertiary/aromatic N) is 1. The predicted molar refractivity (Wildman–Crippen MR) is 91.3 cm³/mol. The Morgan fingerprint density at radius 1 is 0.909 bits per heavy atom. The van der Waals surface area contributed by atoms with Crippen LogP contribution in [0.5, 0.6) is 0 Å². The lowest BCUT2D eigenvalue weighted by Crippen LogP contribution is -2.26. The van der Waals surface area contributed by atoms with Crippen molar-refractivity contribution in [2.75, 3.05) is 6.54 Å². The van der Waals surface area contributed by atoms with Crippen LogP contribution < -0.4 is 0 Å². The highest BCUT2D eigenvalue weighted by atomic mass is 16.5. The molecular weight excluding hydrogens is 274 g/mol. The average Bonchev–Trinajstić information content (AvgIpc) is 2.56. The van der Waals surface area contributed by atoms with Crippen LogP contribution in [0.15, 0.2) is 24.3 Å². The molecule has 0 aliphatic heterocycles. The van der Waals surface area contributed by atoms with Crippen molar-refractivity contribution in [1.29, 1.82) is 0 Å². The number of rotatable bonds is 11. The van der Waals surface area contributed by atoms with Crippen LogP contribution >= 0.6 is 0 Å². The third-order valence-corrected chi connectivity index (χ3v) is 4.05. The molecule has 3 heteroatoms.